The lowest BCUT2D eigenvalue weighted by Crippen LogP contribution is -2.70. The molecule has 1 heterocycles. The molecule has 0 aromatic heterocycles. The third kappa shape index (κ3) is 5.58. The molecule has 0 amide bonds. The Morgan fingerprint density at radius 1 is 1.02 bits per heavy atom. The topological polar surface area (TPSA) is 120 Å². The van der Waals surface area contributed by atoms with Crippen molar-refractivity contribution in [2.75, 3.05) is 33.5 Å². The number of esters is 2. The smallest absolute Gasteiger partial charge is 0.320 e. The van der Waals surface area contributed by atoms with Gasteiger partial charge in [0.15, 0.2) is 0 Å². The summed E-state index contributed by atoms with van der Waals surface area (Å²) >= 11 is 0. The van der Waals surface area contributed by atoms with E-state index in [0.29, 0.717) is 38.6 Å². The van der Waals surface area contributed by atoms with Crippen LogP contribution >= 0.6 is 0 Å². The van der Waals surface area contributed by atoms with E-state index in [2.05, 4.69) is 59.9 Å². The van der Waals surface area contributed by atoms with Crippen molar-refractivity contribution in [1.29, 1.82) is 0 Å². The van der Waals surface area contributed by atoms with E-state index in [-0.39, 0.29) is 58.5 Å². The number of hydrogen-bond donors (Lipinski definition) is 2. The number of hydrogen-bond acceptors (Lipinski definition) is 8. The first-order valence-electron chi connectivity index (χ1n) is 18.0. The molecular weight excluding hydrogens is 598 g/mol. The molecule has 9 nitrogen and oxygen atoms in total. The van der Waals surface area contributed by atoms with Gasteiger partial charge in [-0.2, -0.15) is 0 Å². The molecule has 47 heavy (non-hydrogen) atoms. The summed E-state index contributed by atoms with van der Waals surface area (Å²) in [5.41, 5.74) is -0.505. The maximum Gasteiger partial charge on any atom is 0.320 e. The molecule has 0 spiro atoms. The molecule has 0 aromatic rings. The molecule has 4 aliphatic carbocycles. The Morgan fingerprint density at radius 2 is 1.72 bits per heavy atom. The summed E-state index contributed by atoms with van der Waals surface area (Å²) in [5, 5.41) is 14.1. The number of carbonyl (C=O) groups is 3. The quantitative estimate of drug-likeness (QED) is 0.214. The summed E-state index contributed by atoms with van der Waals surface area (Å²) in [6.45, 7) is 20.5. The summed E-state index contributed by atoms with van der Waals surface area (Å²) in [4.78, 5) is 39.1. The van der Waals surface area contributed by atoms with Crippen LogP contribution in [-0.4, -0.2) is 74.7 Å². The van der Waals surface area contributed by atoms with E-state index in [1.54, 1.807) is 7.11 Å². The summed E-state index contributed by atoms with van der Waals surface area (Å²) < 4.78 is 24.0. The number of carbonyl (C=O) groups excluding carboxylic acids is 2. The third-order valence-electron chi connectivity index (χ3n) is 14.7. The zero-order valence-electron chi connectivity index (χ0n) is 30.6. The summed E-state index contributed by atoms with van der Waals surface area (Å²) in [5.74, 6) is -0.864. The highest BCUT2D eigenvalue weighted by Crippen LogP contribution is 2.75. The van der Waals surface area contributed by atoms with Crippen molar-refractivity contribution in [3.8, 4) is 0 Å². The van der Waals surface area contributed by atoms with Crippen molar-refractivity contribution in [2.24, 2.45) is 56.7 Å². The monoisotopic (exact) mass is 659 g/mol. The van der Waals surface area contributed by atoms with Gasteiger partial charge in [0.2, 0.25) is 0 Å². The number of rotatable bonds is 10. The summed E-state index contributed by atoms with van der Waals surface area (Å²) in [6, 6.07) is -0.0167. The number of carboxylic acids is 1. The van der Waals surface area contributed by atoms with Crippen LogP contribution in [0.3, 0.4) is 0 Å². The average Bonchev–Trinajstić information content (AvgIpc) is 2.98. The largest absolute Gasteiger partial charge is 0.481 e. The van der Waals surface area contributed by atoms with Gasteiger partial charge >= 0.3 is 17.9 Å². The molecular formula is C38H61NO8. The van der Waals surface area contributed by atoms with Crippen molar-refractivity contribution in [2.45, 2.75) is 119 Å². The Labute approximate surface area is 282 Å². The second-order valence-corrected chi connectivity index (χ2v) is 17.3. The van der Waals surface area contributed by atoms with Gasteiger partial charge in [-0.05, 0) is 85.4 Å². The molecule has 0 aromatic carbocycles. The fourth-order valence-electron chi connectivity index (χ4n) is 11.9. The first-order valence-corrected chi connectivity index (χ1v) is 18.0. The van der Waals surface area contributed by atoms with Crippen LogP contribution in [-0.2, 0) is 33.3 Å². The molecule has 4 fully saturated rings. The van der Waals surface area contributed by atoms with Crippen LogP contribution in [0, 0.1) is 56.7 Å². The molecule has 2 bridgehead atoms. The molecule has 1 aliphatic heterocycles. The van der Waals surface area contributed by atoms with Gasteiger partial charge in [0.1, 0.15) is 12.2 Å². The van der Waals surface area contributed by atoms with E-state index in [1.807, 2.05) is 6.92 Å². The van der Waals surface area contributed by atoms with Crippen LogP contribution in [0.25, 0.3) is 0 Å². The van der Waals surface area contributed by atoms with E-state index in [0.717, 1.165) is 25.7 Å². The second-order valence-electron chi connectivity index (χ2n) is 17.3. The molecule has 12 atom stereocenters. The number of carboxylic acid groups (broad SMARTS) is 1. The Kier molecular flexibility index (Phi) is 9.83. The molecule has 266 valence electrons. The van der Waals surface area contributed by atoms with Crippen molar-refractivity contribution < 1.29 is 38.4 Å². The zero-order chi connectivity index (χ0) is 34.7. The van der Waals surface area contributed by atoms with Crippen LogP contribution in [0.4, 0.5) is 0 Å². The predicted molar refractivity (Wildman–Crippen MR) is 178 cm³/mol. The Hall–Kier alpha value is -1.97. The van der Waals surface area contributed by atoms with Gasteiger partial charge in [0.25, 0.3) is 0 Å². The Balaban J connectivity index is 1.52. The lowest BCUT2D eigenvalue weighted by atomic mass is 9.34. The van der Waals surface area contributed by atoms with Gasteiger partial charge in [-0.3, -0.25) is 14.4 Å². The normalized spacial score (nSPS) is 43.8. The van der Waals surface area contributed by atoms with E-state index in [4.69, 9.17) is 18.9 Å². The van der Waals surface area contributed by atoms with E-state index in [9.17, 15) is 19.5 Å². The molecule has 9 heteroatoms. The zero-order valence-corrected chi connectivity index (χ0v) is 30.6. The number of allylic oxidation sites excluding steroid dienone is 1. The molecule has 3 saturated carbocycles. The van der Waals surface area contributed by atoms with Gasteiger partial charge in [-0.1, -0.05) is 60.1 Å². The molecule has 1 unspecified atom stereocenters. The highest BCUT2D eigenvalue weighted by molar-refractivity contribution is 5.73. The van der Waals surface area contributed by atoms with Gasteiger partial charge in [0, 0.05) is 30.9 Å². The SMILES string of the molecule is COCC(C)NCC(=O)O[C@H]1[C@H](OC(C)=O)C[C@@]23COC[C@]1(C)[C@@H]2CC[C@H]1C3=CC[C@@]2(C)[C@H](C(=O)O)[C@@](C)([C@H](C)C(C)C)CC[C@]12C. The molecule has 1 saturated heterocycles. The highest BCUT2D eigenvalue weighted by Gasteiger charge is 2.72. The third-order valence-corrected chi connectivity index (χ3v) is 14.7. The summed E-state index contributed by atoms with van der Waals surface area (Å²) in [6.07, 6.45) is 6.10. The van der Waals surface area contributed by atoms with Gasteiger partial charge in [-0.25, -0.2) is 0 Å². The predicted octanol–water partition coefficient (Wildman–Crippen LogP) is 6.04. The van der Waals surface area contributed by atoms with Crippen molar-refractivity contribution in [3.63, 3.8) is 0 Å². The van der Waals surface area contributed by atoms with Crippen LogP contribution in [0.1, 0.15) is 101 Å². The van der Waals surface area contributed by atoms with Gasteiger partial charge < -0.3 is 29.4 Å². The van der Waals surface area contributed by atoms with Gasteiger partial charge in [0.05, 0.1) is 32.3 Å². The molecule has 5 rings (SSSR count). The first kappa shape index (κ1) is 36.3. The standard InChI is InChI=1S/C38H61NO8/c1-22(2)24(4)34(6)15-16-36(8)26-11-12-29-35(7)20-45-21-38(29,27(26)13-14-37(36,9)31(34)33(42)43)17-28(46-25(5)40)32(35)47-30(41)18-39-23(3)19-44-10/h13,22-24,26,28-29,31-32,39H,11-12,14-21H2,1-10H3,(H,42,43)/t23?,24-,26+,28-,29+,31-,32+,34-,35-,36-,37+,38+/m1/s1. The molecule has 2 N–H and O–H groups in total. The fraction of sp³-hybridized carbons (Fsp3) is 0.868. The minimum absolute atomic E-state index is 0.0167. The van der Waals surface area contributed by atoms with Crippen molar-refractivity contribution >= 4 is 17.9 Å². The van der Waals surface area contributed by atoms with Crippen LogP contribution < -0.4 is 5.32 Å². The van der Waals surface area contributed by atoms with E-state index in [1.165, 1.54) is 12.5 Å². The number of nitrogens with one attached hydrogen (secondary N) is 1. The van der Waals surface area contributed by atoms with Crippen LogP contribution in [0.15, 0.2) is 11.6 Å². The number of ether oxygens (including phenoxy) is 4. The van der Waals surface area contributed by atoms with Crippen molar-refractivity contribution in [1.82, 2.24) is 5.32 Å². The van der Waals surface area contributed by atoms with Crippen LogP contribution in [0.5, 0.6) is 0 Å². The molecule has 0 radical (unpaired) electrons. The Morgan fingerprint density at radius 3 is 2.34 bits per heavy atom. The lowest BCUT2D eigenvalue weighted by Gasteiger charge is -2.71. The molecule has 5 aliphatic rings. The first-order chi connectivity index (χ1) is 21.9. The second kappa shape index (κ2) is 12.7. The minimum atomic E-state index is -0.672. The van der Waals surface area contributed by atoms with Crippen LogP contribution in [0.2, 0.25) is 0 Å². The fourth-order valence-corrected chi connectivity index (χ4v) is 11.9. The number of aliphatic carboxylic acids is 1. The van der Waals surface area contributed by atoms with Gasteiger partial charge in [-0.15, -0.1) is 0 Å². The highest BCUT2D eigenvalue weighted by atomic mass is 16.6. The average molecular weight is 660 g/mol. The number of methoxy groups -OCH3 is 1. The lowest BCUT2D eigenvalue weighted by molar-refractivity contribution is -0.262. The van der Waals surface area contributed by atoms with E-state index < -0.39 is 34.9 Å². The van der Waals surface area contributed by atoms with Crippen molar-refractivity contribution in [3.05, 3.63) is 11.6 Å². The van der Waals surface area contributed by atoms with E-state index >= 15 is 0 Å². The maximum atomic E-state index is 13.3. The maximum absolute atomic E-state index is 13.3. The summed E-state index contributed by atoms with van der Waals surface area (Å²) in [7, 11) is 1.62. The minimum Gasteiger partial charge on any atom is -0.481 e. The number of fused-ring (bicyclic) bond motifs is 3. The Bertz CT molecular complexity index is 1270.